The third-order valence-corrected chi connectivity index (χ3v) is 3.52. The van der Waals surface area contributed by atoms with Gasteiger partial charge in [0, 0.05) is 29.7 Å². The second kappa shape index (κ2) is 5.07. The number of hydrogen-bond donors (Lipinski definition) is 1. The van der Waals surface area contributed by atoms with Crippen molar-refractivity contribution in [1.29, 1.82) is 0 Å². The van der Waals surface area contributed by atoms with Gasteiger partial charge in [0.25, 0.3) is 0 Å². The standard InChI is InChI=1S/C13H17ClN2O/c1-9(8-15-2)13(17)16-7-6-10-11(14)4-3-5-12(10)16/h3-5,9,15H,6-8H2,1-2H3. The molecule has 1 aromatic rings. The van der Waals surface area contributed by atoms with E-state index >= 15 is 0 Å². The van der Waals surface area contributed by atoms with E-state index in [0.717, 1.165) is 29.2 Å². The van der Waals surface area contributed by atoms with Crippen molar-refractivity contribution in [3.05, 3.63) is 28.8 Å². The first kappa shape index (κ1) is 12.4. The SMILES string of the molecule is CNCC(C)C(=O)N1CCc2c(Cl)cccc21. The van der Waals surface area contributed by atoms with Crippen LogP contribution in [0.5, 0.6) is 0 Å². The first-order valence-electron chi connectivity index (χ1n) is 5.88. The van der Waals surface area contributed by atoms with E-state index in [9.17, 15) is 4.79 Å². The number of carbonyl (C=O) groups excluding carboxylic acids is 1. The molecule has 1 aromatic carbocycles. The third kappa shape index (κ3) is 2.31. The van der Waals surface area contributed by atoms with Crippen molar-refractivity contribution in [2.45, 2.75) is 13.3 Å². The zero-order valence-corrected chi connectivity index (χ0v) is 10.9. The molecule has 1 heterocycles. The minimum Gasteiger partial charge on any atom is -0.319 e. The molecule has 3 nitrogen and oxygen atoms in total. The lowest BCUT2D eigenvalue weighted by molar-refractivity contribution is -0.121. The third-order valence-electron chi connectivity index (χ3n) is 3.17. The summed E-state index contributed by atoms with van der Waals surface area (Å²) in [5.41, 5.74) is 2.07. The molecule has 0 bridgehead atoms. The van der Waals surface area contributed by atoms with Gasteiger partial charge in [-0.1, -0.05) is 24.6 Å². The molecule has 0 fully saturated rings. The van der Waals surface area contributed by atoms with Crippen molar-refractivity contribution >= 4 is 23.2 Å². The summed E-state index contributed by atoms with van der Waals surface area (Å²) in [6, 6.07) is 5.75. The number of nitrogens with one attached hydrogen (secondary N) is 1. The Morgan fingerprint density at radius 1 is 1.59 bits per heavy atom. The van der Waals surface area contributed by atoms with E-state index < -0.39 is 0 Å². The molecule has 1 aliphatic rings. The molecule has 4 heteroatoms. The molecule has 0 saturated heterocycles. The smallest absolute Gasteiger partial charge is 0.231 e. The van der Waals surface area contributed by atoms with E-state index in [1.807, 2.05) is 37.1 Å². The van der Waals surface area contributed by atoms with Crippen LogP contribution in [0.1, 0.15) is 12.5 Å². The van der Waals surface area contributed by atoms with Crippen molar-refractivity contribution in [3.8, 4) is 0 Å². The summed E-state index contributed by atoms with van der Waals surface area (Å²) in [6.07, 6.45) is 0.854. The Bertz CT molecular complexity index is 433. The number of anilines is 1. The van der Waals surface area contributed by atoms with Crippen molar-refractivity contribution in [3.63, 3.8) is 0 Å². The Hall–Kier alpha value is -1.06. The highest BCUT2D eigenvalue weighted by Gasteiger charge is 2.28. The minimum atomic E-state index is -0.00932. The zero-order chi connectivity index (χ0) is 12.4. The Morgan fingerprint density at radius 3 is 3.06 bits per heavy atom. The van der Waals surface area contributed by atoms with Crippen molar-refractivity contribution in [1.82, 2.24) is 5.32 Å². The first-order valence-corrected chi connectivity index (χ1v) is 6.26. The Kier molecular flexibility index (Phi) is 3.69. The molecule has 92 valence electrons. The molecule has 1 unspecified atom stereocenters. The number of carbonyl (C=O) groups is 1. The quantitative estimate of drug-likeness (QED) is 0.894. The van der Waals surface area contributed by atoms with Gasteiger partial charge in [0.15, 0.2) is 0 Å². The summed E-state index contributed by atoms with van der Waals surface area (Å²) >= 11 is 6.13. The van der Waals surface area contributed by atoms with Crippen LogP contribution in [0, 0.1) is 5.92 Å². The van der Waals surface area contributed by atoms with Crippen LogP contribution in [0.4, 0.5) is 5.69 Å². The number of rotatable bonds is 3. The lowest BCUT2D eigenvalue weighted by Gasteiger charge is -2.21. The van der Waals surface area contributed by atoms with Crippen LogP contribution in [-0.2, 0) is 11.2 Å². The van der Waals surface area contributed by atoms with Gasteiger partial charge in [-0.3, -0.25) is 4.79 Å². The average Bonchev–Trinajstić information content (AvgIpc) is 2.73. The number of fused-ring (bicyclic) bond motifs is 1. The van der Waals surface area contributed by atoms with Gasteiger partial charge in [-0.25, -0.2) is 0 Å². The Morgan fingerprint density at radius 2 is 2.35 bits per heavy atom. The Balaban J connectivity index is 2.22. The van der Waals surface area contributed by atoms with Crippen molar-refractivity contribution in [2.24, 2.45) is 5.92 Å². The molecule has 0 saturated carbocycles. The predicted octanol–water partition coefficient (Wildman–Crippen LogP) is 2.08. The fourth-order valence-electron chi connectivity index (χ4n) is 2.28. The van der Waals surface area contributed by atoms with Gasteiger partial charge in [-0.2, -0.15) is 0 Å². The highest BCUT2D eigenvalue weighted by atomic mass is 35.5. The first-order chi connectivity index (χ1) is 8.15. The summed E-state index contributed by atoms with van der Waals surface area (Å²) in [6.45, 7) is 3.39. The summed E-state index contributed by atoms with van der Waals surface area (Å²) in [5, 5.41) is 3.80. The maximum atomic E-state index is 12.3. The molecular weight excluding hydrogens is 236 g/mol. The van der Waals surface area contributed by atoms with Crippen molar-refractivity contribution in [2.75, 3.05) is 25.0 Å². The lowest BCUT2D eigenvalue weighted by atomic mass is 10.1. The minimum absolute atomic E-state index is 0.00932. The van der Waals surface area contributed by atoms with Gasteiger partial charge < -0.3 is 10.2 Å². The molecule has 0 aliphatic carbocycles. The van der Waals surface area contributed by atoms with E-state index in [0.29, 0.717) is 6.54 Å². The highest BCUT2D eigenvalue weighted by molar-refractivity contribution is 6.32. The number of amides is 1. The summed E-state index contributed by atoms with van der Waals surface area (Å²) in [7, 11) is 1.86. The van der Waals surface area contributed by atoms with Gasteiger partial charge in [-0.15, -0.1) is 0 Å². The predicted molar refractivity (Wildman–Crippen MR) is 70.6 cm³/mol. The molecule has 1 aliphatic heterocycles. The fraction of sp³-hybridized carbons (Fsp3) is 0.462. The van der Waals surface area contributed by atoms with E-state index in [2.05, 4.69) is 5.32 Å². The van der Waals surface area contributed by atoms with Gasteiger partial charge >= 0.3 is 0 Å². The largest absolute Gasteiger partial charge is 0.319 e. The van der Waals surface area contributed by atoms with Gasteiger partial charge in [0.05, 0.1) is 0 Å². The number of nitrogens with zero attached hydrogens (tertiary/aromatic N) is 1. The molecule has 1 atom stereocenters. The average molecular weight is 253 g/mol. The van der Waals surface area contributed by atoms with Gasteiger partial charge in [0.1, 0.15) is 0 Å². The topological polar surface area (TPSA) is 32.3 Å². The second-order valence-corrected chi connectivity index (χ2v) is 4.84. The van der Waals surface area contributed by atoms with Crippen molar-refractivity contribution < 1.29 is 4.79 Å². The summed E-state index contributed by atoms with van der Waals surface area (Å²) in [5.74, 6) is 0.158. The Labute approximate surface area is 107 Å². The van der Waals surface area contributed by atoms with E-state index in [4.69, 9.17) is 11.6 Å². The molecule has 1 N–H and O–H groups in total. The number of benzene rings is 1. The molecular formula is C13H17ClN2O. The molecule has 2 rings (SSSR count). The maximum Gasteiger partial charge on any atom is 0.231 e. The van der Waals surface area contributed by atoms with E-state index in [1.54, 1.807) is 0 Å². The molecule has 0 aromatic heterocycles. The van der Waals surface area contributed by atoms with Crippen LogP contribution in [0.2, 0.25) is 5.02 Å². The highest BCUT2D eigenvalue weighted by Crippen LogP contribution is 2.33. The molecule has 1 amide bonds. The van der Waals surface area contributed by atoms with Crippen LogP contribution < -0.4 is 10.2 Å². The van der Waals surface area contributed by atoms with Crippen LogP contribution >= 0.6 is 11.6 Å². The monoisotopic (exact) mass is 252 g/mol. The van der Waals surface area contributed by atoms with E-state index in [1.165, 1.54) is 0 Å². The van der Waals surface area contributed by atoms with Gasteiger partial charge in [0.2, 0.25) is 5.91 Å². The molecule has 0 radical (unpaired) electrons. The summed E-state index contributed by atoms with van der Waals surface area (Å²) < 4.78 is 0. The lowest BCUT2D eigenvalue weighted by Crippen LogP contribution is -2.37. The van der Waals surface area contributed by atoms with Crippen LogP contribution in [0.3, 0.4) is 0 Å². The second-order valence-electron chi connectivity index (χ2n) is 4.44. The summed E-state index contributed by atoms with van der Waals surface area (Å²) in [4.78, 5) is 14.1. The normalized spacial score (nSPS) is 15.8. The molecule has 0 spiro atoms. The zero-order valence-electron chi connectivity index (χ0n) is 10.2. The number of halogens is 1. The van der Waals surface area contributed by atoms with Gasteiger partial charge in [-0.05, 0) is 31.2 Å². The van der Waals surface area contributed by atoms with E-state index in [-0.39, 0.29) is 11.8 Å². The maximum absolute atomic E-state index is 12.3. The molecule has 17 heavy (non-hydrogen) atoms. The van der Waals surface area contributed by atoms with Crippen LogP contribution in [-0.4, -0.2) is 26.0 Å². The fourth-order valence-corrected chi connectivity index (χ4v) is 2.54. The van der Waals surface area contributed by atoms with Crippen LogP contribution in [0.25, 0.3) is 0 Å². The van der Waals surface area contributed by atoms with Crippen LogP contribution in [0.15, 0.2) is 18.2 Å². The number of hydrogen-bond acceptors (Lipinski definition) is 2.